The van der Waals surface area contributed by atoms with Crippen LogP contribution in [0.3, 0.4) is 0 Å². The van der Waals surface area contributed by atoms with Gasteiger partial charge in [0.2, 0.25) is 0 Å². The van der Waals surface area contributed by atoms with E-state index in [4.69, 9.17) is 9.47 Å². The first-order chi connectivity index (χ1) is 14.1. The van der Waals surface area contributed by atoms with Crippen LogP contribution in [0.1, 0.15) is 15.9 Å². The Labute approximate surface area is 168 Å². The van der Waals surface area contributed by atoms with Crippen molar-refractivity contribution in [2.24, 2.45) is 5.10 Å². The molecule has 148 valence electrons. The molecule has 0 saturated carbocycles. The first-order valence-electron chi connectivity index (χ1n) is 8.93. The molecular formula is C22H21N3O4. The number of fused-ring (bicyclic) bond motifs is 1. The topological polar surface area (TPSA) is 89.0 Å². The average Bonchev–Trinajstić information content (AvgIpc) is 2.76. The lowest BCUT2D eigenvalue weighted by atomic mass is 10.0. The van der Waals surface area contributed by atoms with Crippen molar-refractivity contribution in [3.63, 3.8) is 0 Å². The summed E-state index contributed by atoms with van der Waals surface area (Å²) in [5.74, 6) is 0.300. The molecule has 3 rings (SSSR count). The van der Waals surface area contributed by atoms with Crippen LogP contribution in [-0.2, 0) is 4.79 Å². The Bertz CT molecular complexity index is 1060. The van der Waals surface area contributed by atoms with E-state index in [1.807, 2.05) is 36.4 Å². The van der Waals surface area contributed by atoms with E-state index in [0.29, 0.717) is 22.6 Å². The zero-order chi connectivity index (χ0) is 20.6. The highest BCUT2D eigenvalue weighted by Gasteiger charge is 2.11. The van der Waals surface area contributed by atoms with Crippen LogP contribution in [0.4, 0.5) is 0 Å². The summed E-state index contributed by atoms with van der Waals surface area (Å²) in [7, 11) is 3.07. The van der Waals surface area contributed by atoms with Crippen molar-refractivity contribution < 1.29 is 19.1 Å². The number of nitrogens with zero attached hydrogens (tertiary/aromatic N) is 1. The second kappa shape index (κ2) is 9.36. The Hall–Kier alpha value is -3.87. The molecule has 0 saturated heterocycles. The molecule has 0 aliphatic rings. The minimum atomic E-state index is -0.448. The third-order valence-corrected chi connectivity index (χ3v) is 4.27. The third kappa shape index (κ3) is 4.70. The molecular weight excluding hydrogens is 370 g/mol. The predicted molar refractivity (Wildman–Crippen MR) is 112 cm³/mol. The molecule has 29 heavy (non-hydrogen) atoms. The highest BCUT2D eigenvalue weighted by atomic mass is 16.5. The quantitative estimate of drug-likeness (QED) is 0.479. The lowest BCUT2D eigenvalue weighted by Gasteiger charge is -2.09. The fourth-order valence-corrected chi connectivity index (χ4v) is 2.91. The van der Waals surface area contributed by atoms with Gasteiger partial charge in [-0.15, -0.1) is 0 Å². The lowest BCUT2D eigenvalue weighted by Crippen LogP contribution is -2.35. The Morgan fingerprint density at radius 3 is 2.52 bits per heavy atom. The van der Waals surface area contributed by atoms with Crippen LogP contribution in [0.15, 0.2) is 65.8 Å². The molecule has 0 heterocycles. The van der Waals surface area contributed by atoms with E-state index in [-0.39, 0.29) is 12.5 Å². The van der Waals surface area contributed by atoms with Crippen LogP contribution < -0.4 is 20.2 Å². The number of amides is 2. The maximum absolute atomic E-state index is 12.5. The van der Waals surface area contributed by atoms with Crippen LogP contribution in [0.2, 0.25) is 0 Å². The lowest BCUT2D eigenvalue weighted by molar-refractivity contribution is -0.120. The molecule has 7 nitrogen and oxygen atoms in total. The number of rotatable bonds is 7. The fourth-order valence-electron chi connectivity index (χ4n) is 2.91. The summed E-state index contributed by atoms with van der Waals surface area (Å²) in [5.41, 5.74) is 3.54. The minimum Gasteiger partial charge on any atom is -0.493 e. The molecule has 0 radical (unpaired) electrons. The SMILES string of the molecule is COc1cccc(/C=N\NC(=O)CNC(=O)c2cccc3ccccc23)c1OC. The van der Waals surface area contributed by atoms with Crippen LogP contribution in [0.5, 0.6) is 11.5 Å². The zero-order valence-electron chi connectivity index (χ0n) is 16.1. The normalized spacial score (nSPS) is 10.7. The van der Waals surface area contributed by atoms with Crippen LogP contribution >= 0.6 is 0 Å². The second-order valence-electron chi connectivity index (χ2n) is 6.09. The molecule has 0 aromatic heterocycles. The van der Waals surface area contributed by atoms with Gasteiger partial charge in [0.1, 0.15) is 0 Å². The summed E-state index contributed by atoms with van der Waals surface area (Å²) in [4.78, 5) is 24.5. The molecule has 0 aliphatic carbocycles. The van der Waals surface area contributed by atoms with Gasteiger partial charge in [-0.05, 0) is 29.0 Å². The largest absolute Gasteiger partial charge is 0.493 e. The molecule has 0 fully saturated rings. The van der Waals surface area contributed by atoms with Gasteiger partial charge < -0.3 is 14.8 Å². The molecule has 2 amide bonds. The number of ether oxygens (including phenoxy) is 2. The van der Waals surface area contributed by atoms with Crippen molar-refractivity contribution in [1.82, 2.24) is 10.7 Å². The fraction of sp³-hybridized carbons (Fsp3) is 0.136. The van der Waals surface area contributed by atoms with Crippen LogP contribution in [0, 0.1) is 0 Å². The number of hydrogen-bond donors (Lipinski definition) is 2. The summed E-state index contributed by atoms with van der Waals surface area (Å²) in [6.07, 6.45) is 1.45. The number of carbonyl (C=O) groups is 2. The monoisotopic (exact) mass is 391 g/mol. The van der Waals surface area contributed by atoms with Gasteiger partial charge in [0.25, 0.3) is 11.8 Å². The van der Waals surface area contributed by atoms with Gasteiger partial charge in [0.05, 0.1) is 27.0 Å². The molecule has 0 bridgehead atoms. The number of hydrogen-bond acceptors (Lipinski definition) is 5. The molecule has 7 heteroatoms. The number of hydrazone groups is 1. The smallest absolute Gasteiger partial charge is 0.259 e. The second-order valence-corrected chi connectivity index (χ2v) is 6.09. The minimum absolute atomic E-state index is 0.200. The van der Waals surface area contributed by atoms with Crippen LogP contribution in [0.25, 0.3) is 10.8 Å². The van der Waals surface area contributed by atoms with Crippen molar-refractivity contribution in [3.8, 4) is 11.5 Å². The summed E-state index contributed by atoms with van der Waals surface area (Å²) in [5, 5.41) is 8.31. The summed E-state index contributed by atoms with van der Waals surface area (Å²) in [6.45, 7) is -0.200. The molecule has 0 spiro atoms. The summed E-state index contributed by atoms with van der Waals surface area (Å²) in [6, 6.07) is 18.4. The van der Waals surface area contributed by atoms with Crippen LogP contribution in [-0.4, -0.2) is 38.8 Å². The Morgan fingerprint density at radius 1 is 0.966 bits per heavy atom. The van der Waals surface area contributed by atoms with E-state index in [9.17, 15) is 9.59 Å². The van der Waals surface area contributed by atoms with Crippen molar-refractivity contribution in [3.05, 3.63) is 71.8 Å². The van der Waals surface area contributed by atoms with Gasteiger partial charge in [0.15, 0.2) is 11.5 Å². The number of nitrogens with one attached hydrogen (secondary N) is 2. The van der Waals surface area contributed by atoms with Gasteiger partial charge in [-0.25, -0.2) is 5.43 Å². The number of benzene rings is 3. The van der Waals surface area contributed by atoms with Gasteiger partial charge in [-0.3, -0.25) is 9.59 Å². The van der Waals surface area contributed by atoms with E-state index in [1.54, 1.807) is 31.4 Å². The van der Waals surface area contributed by atoms with Crippen molar-refractivity contribution >= 4 is 28.8 Å². The van der Waals surface area contributed by atoms with E-state index in [1.165, 1.54) is 13.3 Å². The highest BCUT2D eigenvalue weighted by molar-refractivity contribution is 6.07. The van der Waals surface area contributed by atoms with Gasteiger partial charge in [-0.2, -0.15) is 5.10 Å². The molecule has 3 aromatic carbocycles. The highest BCUT2D eigenvalue weighted by Crippen LogP contribution is 2.29. The maximum Gasteiger partial charge on any atom is 0.259 e. The maximum atomic E-state index is 12.5. The molecule has 2 N–H and O–H groups in total. The molecule has 0 atom stereocenters. The van der Waals surface area contributed by atoms with Crippen molar-refractivity contribution in [2.75, 3.05) is 20.8 Å². The standard InChI is InChI=1S/C22H21N3O4/c1-28-19-12-6-9-16(21(19)29-2)13-24-25-20(26)14-23-22(27)18-11-5-8-15-7-3-4-10-17(15)18/h3-13H,14H2,1-2H3,(H,23,27)(H,25,26)/b24-13-. The molecule has 3 aromatic rings. The third-order valence-electron chi connectivity index (χ3n) is 4.27. The summed E-state index contributed by atoms with van der Waals surface area (Å²) < 4.78 is 10.5. The van der Waals surface area contributed by atoms with E-state index >= 15 is 0 Å². The number of methoxy groups -OCH3 is 2. The Balaban J connectivity index is 1.59. The van der Waals surface area contributed by atoms with Gasteiger partial charge in [0, 0.05) is 11.1 Å². The number of carbonyl (C=O) groups excluding carboxylic acids is 2. The zero-order valence-corrected chi connectivity index (χ0v) is 16.1. The van der Waals surface area contributed by atoms with Gasteiger partial charge >= 0.3 is 0 Å². The molecule has 0 unspecified atom stereocenters. The Kier molecular flexibility index (Phi) is 6.42. The van der Waals surface area contributed by atoms with Crippen molar-refractivity contribution in [2.45, 2.75) is 0 Å². The van der Waals surface area contributed by atoms with E-state index in [2.05, 4.69) is 15.8 Å². The number of para-hydroxylation sites is 1. The van der Waals surface area contributed by atoms with Gasteiger partial charge in [-0.1, -0.05) is 42.5 Å². The molecule has 0 aliphatic heterocycles. The first kappa shape index (κ1) is 19.9. The summed E-state index contributed by atoms with van der Waals surface area (Å²) >= 11 is 0. The average molecular weight is 391 g/mol. The van der Waals surface area contributed by atoms with E-state index in [0.717, 1.165) is 10.8 Å². The first-order valence-corrected chi connectivity index (χ1v) is 8.93. The predicted octanol–water partition coefficient (Wildman–Crippen LogP) is 2.74. The van der Waals surface area contributed by atoms with E-state index < -0.39 is 5.91 Å². The van der Waals surface area contributed by atoms with Crippen molar-refractivity contribution in [1.29, 1.82) is 0 Å². The Morgan fingerprint density at radius 2 is 1.72 bits per heavy atom.